The van der Waals surface area contributed by atoms with Crippen LogP contribution in [0.1, 0.15) is 15.9 Å². The van der Waals surface area contributed by atoms with Crippen LogP contribution in [0.25, 0.3) is 5.95 Å². The monoisotopic (exact) mass is 326 g/mol. The number of hydrogen-bond donors (Lipinski definition) is 1. The van der Waals surface area contributed by atoms with Crippen molar-refractivity contribution in [1.82, 2.24) is 19.7 Å². The van der Waals surface area contributed by atoms with Gasteiger partial charge in [-0.2, -0.15) is 5.10 Å². The second-order valence-electron chi connectivity index (χ2n) is 4.84. The molecule has 3 aromatic rings. The summed E-state index contributed by atoms with van der Waals surface area (Å²) >= 11 is 0. The minimum atomic E-state index is -1.06. The second kappa shape index (κ2) is 6.78. The molecule has 0 saturated heterocycles. The average molecular weight is 326 g/mol. The molecule has 0 spiro atoms. The molecule has 0 radical (unpaired) electrons. The Hall–Kier alpha value is -3.42. The van der Waals surface area contributed by atoms with E-state index >= 15 is 0 Å². The molecule has 0 fully saturated rings. The van der Waals surface area contributed by atoms with Gasteiger partial charge in [0.05, 0.1) is 31.3 Å². The summed E-state index contributed by atoms with van der Waals surface area (Å²) in [6.07, 6.45) is 5.59. The number of nitrogens with zero attached hydrogens (tertiary/aromatic N) is 4. The fourth-order valence-corrected chi connectivity index (χ4v) is 1.97. The number of aromatic nitrogens is 4. The van der Waals surface area contributed by atoms with E-state index in [9.17, 15) is 4.79 Å². The molecule has 0 saturated carbocycles. The largest absolute Gasteiger partial charge is 0.497 e. The molecule has 8 nitrogen and oxygen atoms in total. The molecule has 0 aliphatic rings. The van der Waals surface area contributed by atoms with Gasteiger partial charge in [-0.05, 0) is 17.7 Å². The van der Waals surface area contributed by atoms with E-state index in [1.54, 1.807) is 7.11 Å². The standard InChI is InChI=1S/C16H14N4O4/c1-23-13-4-2-3-11(5-13)10-24-14-7-17-16(18-8-14)20-9-12(6-19-20)15(21)22/h2-9H,10H2,1H3,(H,21,22). The summed E-state index contributed by atoms with van der Waals surface area (Å²) in [5, 5.41) is 12.8. The summed E-state index contributed by atoms with van der Waals surface area (Å²) in [4.78, 5) is 19.1. The topological polar surface area (TPSA) is 99.4 Å². The van der Waals surface area contributed by atoms with Gasteiger partial charge in [-0.25, -0.2) is 19.4 Å². The smallest absolute Gasteiger partial charge is 0.338 e. The first-order chi connectivity index (χ1) is 11.7. The number of ether oxygens (including phenoxy) is 2. The van der Waals surface area contributed by atoms with Crippen molar-refractivity contribution in [2.24, 2.45) is 0 Å². The Labute approximate surface area is 137 Å². The Bertz CT molecular complexity index is 845. The lowest BCUT2D eigenvalue weighted by Gasteiger charge is -2.07. The molecule has 24 heavy (non-hydrogen) atoms. The van der Waals surface area contributed by atoms with Gasteiger partial charge in [-0.1, -0.05) is 12.1 Å². The van der Waals surface area contributed by atoms with Crippen LogP contribution in [-0.2, 0) is 6.61 Å². The molecule has 1 aromatic carbocycles. The first kappa shape index (κ1) is 15.5. The van der Waals surface area contributed by atoms with Gasteiger partial charge in [-0.15, -0.1) is 0 Å². The van der Waals surface area contributed by atoms with Gasteiger partial charge < -0.3 is 14.6 Å². The number of carboxylic acids is 1. The van der Waals surface area contributed by atoms with Crippen LogP contribution in [0.5, 0.6) is 11.5 Å². The molecule has 8 heteroatoms. The van der Waals surface area contributed by atoms with Crippen molar-refractivity contribution >= 4 is 5.97 Å². The highest BCUT2D eigenvalue weighted by molar-refractivity contribution is 5.86. The van der Waals surface area contributed by atoms with Crippen molar-refractivity contribution < 1.29 is 19.4 Å². The van der Waals surface area contributed by atoms with Crippen molar-refractivity contribution in [3.05, 3.63) is 60.2 Å². The molecular formula is C16H14N4O4. The molecule has 0 bridgehead atoms. The lowest BCUT2D eigenvalue weighted by Crippen LogP contribution is -2.03. The Morgan fingerprint density at radius 2 is 2.00 bits per heavy atom. The highest BCUT2D eigenvalue weighted by Crippen LogP contribution is 2.15. The van der Waals surface area contributed by atoms with E-state index in [1.807, 2.05) is 24.3 Å². The van der Waals surface area contributed by atoms with Gasteiger partial charge in [0.1, 0.15) is 12.4 Å². The molecule has 0 amide bonds. The quantitative estimate of drug-likeness (QED) is 0.739. The molecule has 122 valence electrons. The summed E-state index contributed by atoms with van der Waals surface area (Å²) in [5.41, 5.74) is 1.02. The maximum Gasteiger partial charge on any atom is 0.338 e. The Morgan fingerprint density at radius 3 is 2.67 bits per heavy atom. The third-order valence-electron chi connectivity index (χ3n) is 3.19. The average Bonchev–Trinajstić information content (AvgIpc) is 3.11. The third kappa shape index (κ3) is 3.49. The number of carbonyl (C=O) groups is 1. The SMILES string of the molecule is COc1cccc(COc2cnc(-n3cc(C(=O)O)cn3)nc2)c1. The molecular weight excluding hydrogens is 312 g/mol. The van der Waals surface area contributed by atoms with Crippen LogP contribution in [0, 0.1) is 0 Å². The fraction of sp³-hybridized carbons (Fsp3) is 0.125. The minimum absolute atomic E-state index is 0.0666. The first-order valence-electron chi connectivity index (χ1n) is 7.02. The molecule has 0 unspecified atom stereocenters. The Kier molecular flexibility index (Phi) is 4.37. The van der Waals surface area contributed by atoms with Crippen LogP contribution in [0.4, 0.5) is 0 Å². The maximum atomic E-state index is 10.8. The molecule has 0 aliphatic carbocycles. The predicted octanol–water partition coefficient (Wildman–Crippen LogP) is 1.95. The molecule has 2 heterocycles. The second-order valence-corrected chi connectivity index (χ2v) is 4.84. The number of aromatic carboxylic acids is 1. The highest BCUT2D eigenvalue weighted by Gasteiger charge is 2.09. The van der Waals surface area contributed by atoms with Crippen molar-refractivity contribution in [3.8, 4) is 17.4 Å². The Balaban J connectivity index is 1.66. The molecule has 1 N–H and O–H groups in total. The number of rotatable bonds is 6. The zero-order valence-corrected chi connectivity index (χ0v) is 12.8. The van der Waals surface area contributed by atoms with E-state index in [2.05, 4.69) is 15.1 Å². The van der Waals surface area contributed by atoms with Gasteiger partial charge in [-0.3, -0.25) is 0 Å². The van der Waals surface area contributed by atoms with Crippen LogP contribution in [0.3, 0.4) is 0 Å². The summed E-state index contributed by atoms with van der Waals surface area (Å²) in [7, 11) is 1.61. The number of benzene rings is 1. The van der Waals surface area contributed by atoms with Crippen molar-refractivity contribution in [2.75, 3.05) is 7.11 Å². The maximum absolute atomic E-state index is 10.8. The lowest BCUT2D eigenvalue weighted by molar-refractivity contribution is 0.0697. The zero-order valence-electron chi connectivity index (χ0n) is 12.8. The Morgan fingerprint density at radius 1 is 1.21 bits per heavy atom. The van der Waals surface area contributed by atoms with Crippen LogP contribution < -0.4 is 9.47 Å². The minimum Gasteiger partial charge on any atom is -0.497 e. The van der Waals surface area contributed by atoms with Crippen molar-refractivity contribution in [1.29, 1.82) is 0 Å². The summed E-state index contributed by atoms with van der Waals surface area (Å²) in [5.74, 6) is 0.457. The normalized spacial score (nSPS) is 10.4. The summed E-state index contributed by atoms with van der Waals surface area (Å²) in [6.45, 7) is 0.352. The van der Waals surface area contributed by atoms with Gasteiger partial charge in [0.15, 0.2) is 5.75 Å². The fourth-order valence-electron chi connectivity index (χ4n) is 1.97. The first-order valence-corrected chi connectivity index (χ1v) is 7.02. The van der Waals surface area contributed by atoms with E-state index in [1.165, 1.54) is 29.5 Å². The van der Waals surface area contributed by atoms with E-state index in [4.69, 9.17) is 14.6 Å². The van der Waals surface area contributed by atoms with E-state index in [0.29, 0.717) is 12.4 Å². The van der Waals surface area contributed by atoms with Crippen LogP contribution in [0.2, 0.25) is 0 Å². The van der Waals surface area contributed by atoms with Gasteiger partial charge >= 0.3 is 5.97 Å². The van der Waals surface area contributed by atoms with Gasteiger partial charge in [0, 0.05) is 6.20 Å². The molecule has 3 rings (SSSR count). The number of methoxy groups -OCH3 is 1. The van der Waals surface area contributed by atoms with Crippen LogP contribution in [0.15, 0.2) is 49.1 Å². The van der Waals surface area contributed by atoms with Crippen LogP contribution in [-0.4, -0.2) is 37.9 Å². The van der Waals surface area contributed by atoms with Crippen molar-refractivity contribution in [3.63, 3.8) is 0 Å². The van der Waals surface area contributed by atoms with Crippen molar-refractivity contribution in [2.45, 2.75) is 6.61 Å². The van der Waals surface area contributed by atoms with E-state index < -0.39 is 5.97 Å². The zero-order chi connectivity index (χ0) is 16.9. The number of carboxylic acid groups (broad SMARTS) is 1. The third-order valence-corrected chi connectivity index (χ3v) is 3.19. The summed E-state index contributed by atoms with van der Waals surface area (Å²) < 4.78 is 12.1. The molecule has 2 aromatic heterocycles. The molecule has 0 aliphatic heterocycles. The van der Waals surface area contributed by atoms with Gasteiger partial charge in [0.2, 0.25) is 0 Å². The van der Waals surface area contributed by atoms with E-state index in [-0.39, 0.29) is 11.5 Å². The van der Waals surface area contributed by atoms with Gasteiger partial charge in [0.25, 0.3) is 5.95 Å². The molecule has 0 atom stereocenters. The summed E-state index contributed by atoms with van der Waals surface area (Å²) in [6, 6.07) is 7.55. The van der Waals surface area contributed by atoms with E-state index in [0.717, 1.165) is 11.3 Å². The highest BCUT2D eigenvalue weighted by atomic mass is 16.5. The predicted molar refractivity (Wildman–Crippen MR) is 83.4 cm³/mol. The number of hydrogen-bond acceptors (Lipinski definition) is 6. The lowest BCUT2D eigenvalue weighted by atomic mass is 10.2. The van der Waals surface area contributed by atoms with Crippen LogP contribution >= 0.6 is 0 Å².